The van der Waals surface area contributed by atoms with Crippen molar-refractivity contribution in [3.8, 4) is 5.69 Å². The van der Waals surface area contributed by atoms with Crippen LogP contribution < -0.4 is 5.32 Å². The SMILES string of the molecule is CCCc1c(C(=O)NC(CCC)C(=O)O)nnn1-c1cccc(Cl)c1. The van der Waals surface area contributed by atoms with Crippen LogP contribution in [0.15, 0.2) is 24.3 Å². The molecule has 2 aromatic rings. The Labute approximate surface area is 151 Å². The molecule has 1 amide bonds. The fraction of sp³-hybridized carbons (Fsp3) is 0.412. The zero-order valence-electron chi connectivity index (χ0n) is 14.2. The van der Waals surface area contributed by atoms with Crippen LogP contribution in [0.1, 0.15) is 49.3 Å². The number of rotatable bonds is 8. The summed E-state index contributed by atoms with van der Waals surface area (Å²) in [6.45, 7) is 3.84. The van der Waals surface area contributed by atoms with Crippen molar-refractivity contribution in [1.29, 1.82) is 0 Å². The molecule has 2 rings (SSSR count). The molecule has 1 aromatic carbocycles. The highest BCUT2D eigenvalue weighted by Crippen LogP contribution is 2.18. The second-order valence-corrected chi connectivity index (χ2v) is 6.12. The molecule has 1 aromatic heterocycles. The van der Waals surface area contributed by atoms with Gasteiger partial charge in [0.05, 0.1) is 11.4 Å². The van der Waals surface area contributed by atoms with Gasteiger partial charge in [-0.1, -0.05) is 49.6 Å². The Morgan fingerprint density at radius 3 is 2.68 bits per heavy atom. The van der Waals surface area contributed by atoms with Crippen LogP contribution in [0.25, 0.3) is 5.69 Å². The minimum Gasteiger partial charge on any atom is -0.480 e. The highest BCUT2D eigenvalue weighted by Gasteiger charge is 2.25. The van der Waals surface area contributed by atoms with Gasteiger partial charge in [0, 0.05) is 5.02 Å². The lowest BCUT2D eigenvalue weighted by Gasteiger charge is -2.13. The molecule has 2 N–H and O–H groups in total. The summed E-state index contributed by atoms with van der Waals surface area (Å²) in [6.07, 6.45) is 2.36. The third kappa shape index (κ3) is 4.57. The van der Waals surface area contributed by atoms with Gasteiger partial charge in [-0.3, -0.25) is 4.79 Å². The molecule has 1 atom stereocenters. The van der Waals surface area contributed by atoms with Crippen molar-refractivity contribution < 1.29 is 14.7 Å². The molecule has 0 bridgehead atoms. The van der Waals surface area contributed by atoms with Crippen molar-refractivity contribution in [2.24, 2.45) is 0 Å². The fourth-order valence-corrected chi connectivity index (χ4v) is 2.71. The van der Waals surface area contributed by atoms with Crippen LogP contribution in [0.4, 0.5) is 0 Å². The molecular formula is C17H21ClN4O3. The predicted octanol–water partition coefficient (Wildman–Crippen LogP) is 2.86. The number of amides is 1. The lowest BCUT2D eigenvalue weighted by atomic mass is 10.1. The summed E-state index contributed by atoms with van der Waals surface area (Å²) in [4.78, 5) is 23.8. The van der Waals surface area contributed by atoms with Crippen LogP contribution in [0.2, 0.25) is 5.02 Å². The Balaban J connectivity index is 2.35. The summed E-state index contributed by atoms with van der Waals surface area (Å²) in [7, 11) is 0. The predicted molar refractivity (Wildman–Crippen MR) is 94.2 cm³/mol. The molecule has 8 heteroatoms. The number of hydrogen-bond donors (Lipinski definition) is 2. The highest BCUT2D eigenvalue weighted by molar-refractivity contribution is 6.30. The molecule has 0 saturated heterocycles. The van der Waals surface area contributed by atoms with Crippen LogP contribution >= 0.6 is 11.6 Å². The van der Waals surface area contributed by atoms with Crippen molar-refractivity contribution in [2.45, 2.75) is 45.6 Å². The van der Waals surface area contributed by atoms with Crippen LogP contribution in [0.5, 0.6) is 0 Å². The average Bonchev–Trinajstić information content (AvgIpc) is 2.98. The van der Waals surface area contributed by atoms with Crippen LogP contribution in [0, 0.1) is 0 Å². The Kier molecular flexibility index (Phi) is 6.52. The number of halogens is 1. The first kappa shape index (κ1) is 18.9. The molecule has 0 aliphatic heterocycles. The summed E-state index contributed by atoms with van der Waals surface area (Å²) in [5.74, 6) is -1.59. The first-order chi connectivity index (χ1) is 12.0. The van der Waals surface area contributed by atoms with E-state index < -0.39 is 17.9 Å². The van der Waals surface area contributed by atoms with Crippen LogP contribution in [-0.2, 0) is 11.2 Å². The van der Waals surface area contributed by atoms with Crippen LogP contribution in [0.3, 0.4) is 0 Å². The first-order valence-electron chi connectivity index (χ1n) is 8.22. The normalized spacial score (nSPS) is 12.0. The largest absolute Gasteiger partial charge is 0.480 e. The summed E-state index contributed by atoms with van der Waals surface area (Å²) < 4.78 is 1.57. The second kappa shape index (κ2) is 8.62. The maximum Gasteiger partial charge on any atom is 0.326 e. The lowest BCUT2D eigenvalue weighted by Crippen LogP contribution is -2.41. The Morgan fingerprint density at radius 2 is 2.08 bits per heavy atom. The lowest BCUT2D eigenvalue weighted by molar-refractivity contribution is -0.139. The monoisotopic (exact) mass is 364 g/mol. The van der Waals surface area contributed by atoms with Gasteiger partial charge in [0.1, 0.15) is 6.04 Å². The van der Waals surface area contributed by atoms with E-state index in [0.29, 0.717) is 35.7 Å². The maximum absolute atomic E-state index is 12.5. The number of carbonyl (C=O) groups excluding carboxylic acids is 1. The third-order valence-corrected chi connectivity index (χ3v) is 3.93. The Hall–Kier alpha value is -2.41. The van der Waals surface area contributed by atoms with Gasteiger partial charge in [-0.15, -0.1) is 5.10 Å². The topological polar surface area (TPSA) is 97.1 Å². The van der Waals surface area contributed by atoms with E-state index in [4.69, 9.17) is 11.6 Å². The molecule has 0 radical (unpaired) electrons. The summed E-state index contributed by atoms with van der Waals surface area (Å²) >= 11 is 6.03. The summed E-state index contributed by atoms with van der Waals surface area (Å²) in [5.41, 5.74) is 1.47. The van der Waals surface area contributed by atoms with E-state index in [-0.39, 0.29) is 5.69 Å². The van der Waals surface area contributed by atoms with Gasteiger partial charge in [0.2, 0.25) is 0 Å². The van der Waals surface area contributed by atoms with Gasteiger partial charge in [0.25, 0.3) is 5.91 Å². The number of hydrogen-bond acceptors (Lipinski definition) is 4. The Morgan fingerprint density at radius 1 is 1.32 bits per heavy atom. The molecule has 134 valence electrons. The van der Waals surface area contributed by atoms with E-state index in [9.17, 15) is 14.7 Å². The standard InChI is InChI=1S/C17H21ClN4O3/c1-3-6-13(17(24)25)19-16(23)15-14(7-4-2)22(21-20-15)12-9-5-8-11(18)10-12/h5,8-10,13H,3-4,6-7H2,1-2H3,(H,19,23)(H,24,25). The molecule has 0 aliphatic carbocycles. The second-order valence-electron chi connectivity index (χ2n) is 5.68. The molecule has 0 aliphatic rings. The number of aromatic nitrogens is 3. The minimum atomic E-state index is -1.06. The zero-order valence-corrected chi connectivity index (χ0v) is 15.0. The third-order valence-electron chi connectivity index (χ3n) is 3.70. The van der Waals surface area contributed by atoms with E-state index in [2.05, 4.69) is 15.6 Å². The molecule has 0 saturated carbocycles. The first-order valence-corrected chi connectivity index (χ1v) is 8.59. The van der Waals surface area contributed by atoms with Gasteiger partial charge in [-0.2, -0.15) is 0 Å². The van der Waals surface area contributed by atoms with Crippen molar-refractivity contribution in [2.75, 3.05) is 0 Å². The highest BCUT2D eigenvalue weighted by atomic mass is 35.5. The van der Waals surface area contributed by atoms with Gasteiger partial charge >= 0.3 is 5.97 Å². The number of carboxylic acid groups (broad SMARTS) is 1. The van der Waals surface area contributed by atoms with E-state index in [1.807, 2.05) is 19.9 Å². The minimum absolute atomic E-state index is 0.143. The molecular weight excluding hydrogens is 344 g/mol. The Bertz CT molecular complexity index is 760. The number of carboxylic acids is 1. The van der Waals surface area contributed by atoms with Crippen molar-refractivity contribution in [3.05, 3.63) is 40.7 Å². The quantitative estimate of drug-likeness (QED) is 0.750. The van der Waals surface area contributed by atoms with Gasteiger partial charge in [-0.05, 0) is 31.0 Å². The summed E-state index contributed by atoms with van der Waals surface area (Å²) in [6, 6.07) is 6.14. The molecule has 0 spiro atoms. The van der Waals surface area contributed by atoms with E-state index in [0.717, 1.165) is 6.42 Å². The number of nitrogens with one attached hydrogen (secondary N) is 1. The van der Waals surface area contributed by atoms with Gasteiger partial charge in [-0.25, -0.2) is 9.48 Å². The average molecular weight is 365 g/mol. The number of nitrogens with zero attached hydrogens (tertiary/aromatic N) is 3. The van der Waals surface area contributed by atoms with Crippen molar-refractivity contribution in [3.63, 3.8) is 0 Å². The molecule has 1 heterocycles. The van der Waals surface area contributed by atoms with E-state index >= 15 is 0 Å². The smallest absolute Gasteiger partial charge is 0.326 e. The number of benzene rings is 1. The van der Waals surface area contributed by atoms with Crippen LogP contribution in [-0.4, -0.2) is 38.0 Å². The summed E-state index contributed by atoms with van der Waals surface area (Å²) in [5, 5.41) is 20.3. The number of carbonyl (C=O) groups is 2. The molecule has 0 fully saturated rings. The zero-order chi connectivity index (χ0) is 18.4. The van der Waals surface area contributed by atoms with Crippen molar-refractivity contribution in [1.82, 2.24) is 20.3 Å². The number of aliphatic carboxylic acids is 1. The van der Waals surface area contributed by atoms with Gasteiger partial charge in [0.15, 0.2) is 5.69 Å². The van der Waals surface area contributed by atoms with E-state index in [1.165, 1.54) is 0 Å². The molecule has 1 unspecified atom stereocenters. The maximum atomic E-state index is 12.5. The molecule has 7 nitrogen and oxygen atoms in total. The fourth-order valence-electron chi connectivity index (χ4n) is 2.53. The van der Waals surface area contributed by atoms with E-state index in [1.54, 1.807) is 22.9 Å². The molecule has 25 heavy (non-hydrogen) atoms. The van der Waals surface area contributed by atoms with Gasteiger partial charge < -0.3 is 10.4 Å². The van der Waals surface area contributed by atoms with Crippen molar-refractivity contribution >= 4 is 23.5 Å².